The van der Waals surface area contributed by atoms with Gasteiger partial charge in [0.25, 0.3) is 0 Å². The van der Waals surface area contributed by atoms with Crippen LogP contribution in [0, 0.1) is 0 Å². The average molecular weight is 264 g/mol. The van der Waals surface area contributed by atoms with Crippen molar-refractivity contribution in [1.82, 2.24) is 10.3 Å². The molecule has 1 aromatic rings. The van der Waals surface area contributed by atoms with Gasteiger partial charge in [-0.2, -0.15) is 0 Å². The van der Waals surface area contributed by atoms with E-state index in [-0.39, 0.29) is 6.10 Å². The number of pyridine rings is 1. The third kappa shape index (κ3) is 5.17. The molecular weight excluding hydrogens is 240 g/mol. The van der Waals surface area contributed by atoms with Crippen molar-refractivity contribution in [3.63, 3.8) is 0 Å². The minimum absolute atomic E-state index is 0.253. The van der Waals surface area contributed by atoms with Crippen LogP contribution >= 0.6 is 0 Å². The second-order valence-electron chi connectivity index (χ2n) is 4.96. The van der Waals surface area contributed by atoms with Crippen LogP contribution in [-0.4, -0.2) is 30.8 Å². The highest BCUT2D eigenvalue weighted by molar-refractivity contribution is 5.22. The first-order valence-corrected chi connectivity index (χ1v) is 7.28. The quantitative estimate of drug-likeness (QED) is 0.769. The summed E-state index contributed by atoms with van der Waals surface area (Å²) in [6.45, 7) is 5.49. The molecule has 0 aromatic carbocycles. The fourth-order valence-corrected chi connectivity index (χ4v) is 2.16. The Balaban J connectivity index is 1.77. The van der Waals surface area contributed by atoms with E-state index in [1.165, 1.54) is 12.8 Å². The maximum atomic E-state index is 5.80. The predicted molar refractivity (Wildman–Crippen MR) is 75.3 cm³/mol. The number of ether oxygens (including phenoxy) is 2. The summed E-state index contributed by atoms with van der Waals surface area (Å²) in [5, 5.41) is 3.34. The van der Waals surface area contributed by atoms with Crippen molar-refractivity contribution in [3.05, 3.63) is 24.0 Å². The largest absolute Gasteiger partial charge is 0.491 e. The molecule has 1 N–H and O–H groups in total. The van der Waals surface area contributed by atoms with E-state index in [4.69, 9.17) is 9.47 Å². The van der Waals surface area contributed by atoms with Gasteiger partial charge in [0.15, 0.2) is 0 Å². The lowest BCUT2D eigenvalue weighted by Gasteiger charge is -2.22. The van der Waals surface area contributed by atoms with E-state index in [1.54, 1.807) is 6.20 Å². The predicted octanol–water partition coefficient (Wildman–Crippen LogP) is 2.53. The molecule has 1 aliphatic rings. The van der Waals surface area contributed by atoms with Gasteiger partial charge in [0.2, 0.25) is 0 Å². The molecule has 1 aromatic heterocycles. The van der Waals surface area contributed by atoms with Crippen molar-refractivity contribution in [3.8, 4) is 5.75 Å². The van der Waals surface area contributed by atoms with Gasteiger partial charge in [-0.15, -0.1) is 0 Å². The fraction of sp³-hybridized carbons (Fsp3) is 0.667. The molecule has 1 saturated heterocycles. The number of rotatable bonds is 7. The molecule has 1 atom stereocenters. The van der Waals surface area contributed by atoms with Crippen molar-refractivity contribution >= 4 is 0 Å². The van der Waals surface area contributed by atoms with Crippen LogP contribution in [0.1, 0.15) is 38.3 Å². The van der Waals surface area contributed by atoms with E-state index in [9.17, 15) is 0 Å². The molecule has 4 heteroatoms. The number of hydrogen-bond donors (Lipinski definition) is 1. The number of aromatic nitrogens is 1. The molecule has 1 aliphatic heterocycles. The van der Waals surface area contributed by atoms with Gasteiger partial charge in [0.1, 0.15) is 12.4 Å². The maximum absolute atomic E-state index is 5.80. The Hall–Kier alpha value is -1.13. The number of nitrogens with zero attached hydrogens (tertiary/aromatic N) is 1. The molecule has 106 valence electrons. The smallest absolute Gasteiger partial charge is 0.122 e. The lowest BCUT2D eigenvalue weighted by molar-refractivity contribution is -0.0111. The van der Waals surface area contributed by atoms with Crippen molar-refractivity contribution < 1.29 is 9.47 Å². The molecule has 0 aliphatic carbocycles. The molecule has 0 amide bonds. The van der Waals surface area contributed by atoms with Crippen LogP contribution < -0.4 is 10.1 Å². The lowest BCUT2D eigenvalue weighted by atomic mass is 10.1. The minimum Gasteiger partial charge on any atom is -0.491 e. The summed E-state index contributed by atoms with van der Waals surface area (Å²) < 4.78 is 11.5. The molecule has 2 rings (SSSR count). The van der Waals surface area contributed by atoms with Crippen LogP contribution in [0.5, 0.6) is 5.75 Å². The van der Waals surface area contributed by atoms with Crippen LogP contribution in [0.2, 0.25) is 0 Å². The van der Waals surface area contributed by atoms with Gasteiger partial charge in [-0.05, 0) is 38.3 Å². The van der Waals surface area contributed by atoms with Gasteiger partial charge in [0, 0.05) is 25.4 Å². The Kier molecular flexibility index (Phi) is 6.11. The number of nitrogens with one attached hydrogen (secondary N) is 1. The second kappa shape index (κ2) is 8.12. The first-order valence-electron chi connectivity index (χ1n) is 7.28. The van der Waals surface area contributed by atoms with Gasteiger partial charge in [0.05, 0.1) is 11.8 Å². The van der Waals surface area contributed by atoms with Crippen molar-refractivity contribution in [2.45, 2.75) is 45.3 Å². The average Bonchev–Trinajstić information content (AvgIpc) is 2.47. The summed E-state index contributed by atoms with van der Waals surface area (Å²) in [7, 11) is 0. The first kappa shape index (κ1) is 14.3. The summed E-state index contributed by atoms with van der Waals surface area (Å²) in [6, 6.07) is 3.91. The van der Waals surface area contributed by atoms with Gasteiger partial charge in [-0.1, -0.05) is 6.92 Å². The summed E-state index contributed by atoms with van der Waals surface area (Å²) >= 11 is 0. The highest BCUT2D eigenvalue weighted by atomic mass is 16.5. The SMILES string of the molecule is CCCNCc1cc(OCC2CCCCO2)ccn1. The summed E-state index contributed by atoms with van der Waals surface area (Å²) in [5.41, 5.74) is 1.02. The molecule has 19 heavy (non-hydrogen) atoms. The molecule has 2 heterocycles. The number of hydrogen-bond acceptors (Lipinski definition) is 4. The Morgan fingerprint density at radius 3 is 3.21 bits per heavy atom. The van der Waals surface area contributed by atoms with E-state index >= 15 is 0 Å². The highest BCUT2D eigenvalue weighted by Gasteiger charge is 2.14. The summed E-state index contributed by atoms with van der Waals surface area (Å²) in [5.74, 6) is 0.887. The Morgan fingerprint density at radius 2 is 2.42 bits per heavy atom. The Labute approximate surface area is 115 Å². The molecular formula is C15H24N2O2. The molecule has 0 radical (unpaired) electrons. The standard InChI is InChI=1S/C15H24N2O2/c1-2-7-16-11-13-10-14(6-8-17-13)19-12-15-5-3-4-9-18-15/h6,8,10,15-16H,2-5,7,9,11-12H2,1H3. The fourth-order valence-electron chi connectivity index (χ4n) is 2.16. The van der Waals surface area contributed by atoms with E-state index < -0.39 is 0 Å². The molecule has 4 nitrogen and oxygen atoms in total. The van der Waals surface area contributed by atoms with Gasteiger partial charge in [-0.3, -0.25) is 4.98 Å². The van der Waals surface area contributed by atoms with Crippen molar-refractivity contribution in [1.29, 1.82) is 0 Å². The summed E-state index contributed by atoms with van der Waals surface area (Å²) in [4.78, 5) is 4.33. The third-order valence-electron chi connectivity index (χ3n) is 3.23. The molecule has 0 bridgehead atoms. The Bertz CT molecular complexity index is 365. The van der Waals surface area contributed by atoms with Crippen LogP contribution in [0.15, 0.2) is 18.3 Å². The van der Waals surface area contributed by atoms with E-state index in [2.05, 4.69) is 17.2 Å². The summed E-state index contributed by atoms with van der Waals surface area (Å²) in [6.07, 6.45) is 6.73. The molecule has 0 saturated carbocycles. The van der Waals surface area contributed by atoms with Crippen molar-refractivity contribution in [2.24, 2.45) is 0 Å². The van der Waals surface area contributed by atoms with Crippen LogP contribution in [0.25, 0.3) is 0 Å². The van der Waals surface area contributed by atoms with Gasteiger partial charge >= 0.3 is 0 Å². The highest BCUT2D eigenvalue weighted by Crippen LogP contribution is 2.16. The first-order chi connectivity index (χ1) is 9.38. The van der Waals surface area contributed by atoms with E-state index in [0.29, 0.717) is 6.61 Å². The second-order valence-corrected chi connectivity index (χ2v) is 4.96. The minimum atomic E-state index is 0.253. The van der Waals surface area contributed by atoms with E-state index in [1.807, 2.05) is 12.1 Å². The van der Waals surface area contributed by atoms with Crippen LogP contribution in [0.3, 0.4) is 0 Å². The van der Waals surface area contributed by atoms with Gasteiger partial charge in [-0.25, -0.2) is 0 Å². The molecule has 1 unspecified atom stereocenters. The topological polar surface area (TPSA) is 43.4 Å². The van der Waals surface area contributed by atoms with E-state index in [0.717, 1.165) is 44.0 Å². The van der Waals surface area contributed by atoms with Crippen LogP contribution in [0.4, 0.5) is 0 Å². The third-order valence-corrected chi connectivity index (χ3v) is 3.23. The molecule has 1 fully saturated rings. The normalized spacial score (nSPS) is 19.3. The van der Waals surface area contributed by atoms with Crippen molar-refractivity contribution in [2.75, 3.05) is 19.8 Å². The zero-order valence-corrected chi connectivity index (χ0v) is 11.7. The van der Waals surface area contributed by atoms with Gasteiger partial charge < -0.3 is 14.8 Å². The monoisotopic (exact) mass is 264 g/mol. The zero-order valence-electron chi connectivity index (χ0n) is 11.7. The molecule has 0 spiro atoms. The maximum Gasteiger partial charge on any atom is 0.122 e. The van der Waals surface area contributed by atoms with Crippen LogP contribution in [-0.2, 0) is 11.3 Å². The Morgan fingerprint density at radius 1 is 1.47 bits per heavy atom. The lowest BCUT2D eigenvalue weighted by Crippen LogP contribution is -2.25. The zero-order chi connectivity index (χ0) is 13.3.